The Labute approximate surface area is 169 Å². The van der Waals surface area contributed by atoms with Crippen molar-refractivity contribution in [3.8, 4) is 5.82 Å². The standard InChI is InChI=1S/C20H24N6O3/c1-2-28-9-10-29-13-16-5-3-7-18(11-16)25-20(27)23-12-17-6-4-8-22-19(17)26-15-21-14-24-26/h3-8,11,14-15H,2,9-10,12-13H2,1H3,(H2,23,25,27). The number of carbonyl (C=O) groups is 1. The molecule has 3 aromatic rings. The van der Waals surface area contributed by atoms with Crippen molar-refractivity contribution in [1.29, 1.82) is 0 Å². The highest BCUT2D eigenvalue weighted by molar-refractivity contribution is 5.89. The largest absolute Gasteiger partial charge is 0.379 e. The van der Waals surface area contributed by atoms with Gasteiger partial charge in [0.1, 0.15) is 12.7 Å². The number of amides is 2. The van der Waals surface area contributed by atoms with Crippen molar-refractivity contribution in [2.45, 2.75) is 20.1 Å². The minimum atomic E-state index is -0.312. The topological polar surface area (TPSA) is 103 Å². The molecule has 3 rings (SSSR count). The first kappa shape index (κ1) is 20.4. The number of aromatic nitrogens is 4. The molecule has 0 aliphatic heterocycles. The third-order valence-electron chi connectivity index (χ3n) is 3.97. The molecule has 2 amide bonds. The molecule has 9 nitrogen and oxygen atoms in total. The van der Waals surface area contributed by atoms with Gasteiger partial charge in [0.15, 0.2) is 5.82 Å². The molecule has 152 valence electrons. The van der Waals surface area contributed by atoms with E-state index in [9.17, 15) is 4.79 Å². The van der Waals surface area contributed by atoms with Crippen LogP contribution in [0.1, 0.15) is 18.1 Å². The Bertz CT molecular complexity index is 901. The number of anilines is 1. The van der Waals surface area contributed by atoms with Gasteiger partial charge in [0.2, 0.25) is 0 Å². The predicted molar refractivity (Wildman–Crippen MR) is 108 cm³/mol. The Balaban J connectivity index is 1.51. The number of hydrogen-bond donors (Lipinski definition) is 2. The van der Waals surface area contributed by atoms with Gasteiger partial charge in [-0.3, -0.25) is 0 Å². The Kier molecular flexibility index (Phi) is 7.67. The van der Waals surface area contributed by atoms with Gasteiger partial charge in [-0.1, -0.05) is 18.2 Å². The van der Waals surface area contributed by atoms with Gasteiger partial charge in [-0.05, 0) is 30.7 Å². The van der Waals surface area contributed by atoms with Crippen LogP contribution in [0.3, 0.4) is 0 Å². The lowest BCUT2D eigenvalue weighted by molar-refractivity contribution is 0.0453. The number of urea groups is 1. The molecule has 2 heterocycles. The van der Waals surface area contributed by atoms with Gasteiger partial charge in [0.25, 0.3) is 0 Å². The van der Waals surface area contributed by atoms with Crippen LogP contribution in [0.4, 0.5) is 10.5 Å². The highest BCUT2D eigenvalue weighted by Gasteiger charge is 2.08. The number of nitrogens with zero attached hydrogens (tertiary/aromatic N) is 4. The number of pyridine rings is 1. The number of benzene rings is 1. The lowest BCUT2D eigenvalue weighted by Crippen LogP contribution is -2.28. The summed E-state index contributed by atoms with van der Waals surface area (Å²) < 4.78 is 12.4. The summed E-state index contributed by atoms with van der Waals surface area (Å²) in [5, 5.41) is 9.76. The quantitative estimate of drug-likeness (QED) is 0.511. The van der Waals surface area contributed by atoms with Crippen LogP contribution in [-0.2, 0) is 22.6 Å². The molecule has 0 saturated heterocycles. The molecule has 0 aliphatic carbocycles. The molecule has 9 heteroatoms. The van der Waals surface area contributed by atoms with Crippen LogP contribution in [0, 0.1) is 0 Å². The maximum atomic E-state index is 12.3. The number of carbonyl (C=O) groups excluding carboxylic acids is 1. The maximum Gasteiger partial charge on any atom is 0.319 e. The fourth-order valence-corrected chi connectivity index (χ4v) is 2.63. The van der Waals surface area contributed by atoms with Crippen molar-refractivity contribution >= 4 is 11.7 Å². The Morgan fingerprint density at radius 2 is 2.07 bits per heavy atom. The second kappa shape index (κ2) is 10.9. The van der Waals surface area contributed by atoms with Gasteiger partial charge in [0.05, 0.1) is 19.8 Å². The molecule has 0 radical (unpaired) electrons. The highest BCUT2D eigenvalue weighted by Crippen LogP contribution is 2.12. The molecule has 1 aromatic carbocycles. The minimum absolute atomic E-state index is 0.301. The summed E-state index contributed by atoms with van der Waals surface area (Å²) in [5.41, 5.74) is 2.49. The van der Waals surface area contributed by atoms with Gasteiger partial charge in [-0.15, -0.1) is 0 Å². The van der Waals surface area contributed by atoms with Crippen LogP contribution in [-0.4, -0.2) is 45.6 Å². The third kappa shape index (κ3) is 6.37. The molecule has 0 bridgehead atoms. The molecule has 2 aromatic heterocycles. The molecule has 0 unspecified atom stereocenters. The number of nitrogens with one attached hydrogen (secondary N) is 2. The van der Waals surface area contributed by atoms with E-state index in [2.05, 4.69) is 25.7 Å². The van der Waals surface area contributed by atoms with E-state index in [1.807, 2.05) is 43.3 Å². The van der Waals surface area contributed by atoms with E-state index in [4.69, 9.17) is 9.47 Å². The zero-order valence-corrected chi connectivity index (χ0v) is 16.2. The van der Waals surface area contributed by atoms with Gasteiger partial charge < -0.3 is 20.1 Å². The summed E-state index contributed by atoms with van der Waals surface area (Å²) in [4.78, 5) is 20.5. The highest BCUT2D eigenvalue weighted by atomic mass is 16.5. The predicted octanol–water partition coefficient (Wildman–Crippen LogP) is 2.54. The first-order valence-electron chi connectivity index (χ1n) is 9.34. The summed E-state index contributed by atoms with van der Waals surface area (Å²) in [7, 11) is 0. The van der Waals surface area contributed by atoms with Crippen molar-refractivity contribution in [2.24, 2.45) is 0 Å². The summed E-state index contributed by atoms with van der Waals surface area (Å²) in [6.45, 7) is 4.49. The van der Waals surface area contributed by atoms with Gasteiger partial charge in [-0.2, -0.15) is 5.10 Å². The Morgan fingerprint density at radius 3 is 2.90 bits per heavy atom. The van der Waals surface area contributed by atoms with Crippen LogP contribution < -0.4 is 10.6 Å². The zero-order chi connectivity index (χ0) is 20.3. The first-order valence-corrected chi connectivity index (χ1v) is 9.34. The lowest BCUT2D eigenvalue weighted by Gasteiger charge is -2.11. The zero-order valence-electron chi connectivity index (χ0n) is 16.2. The molecule has 0 spiro atoms. The van der Waals surface area contributed by atoms with Crippen molar-refractivity contribution in [3.63, 3.8) is 0 Å². The van der Waals surface area contributed by atoms with Crippen LogP contribution in [0.2, 0.25) is 0 Å². The van der Waals surface area contributed by atoms with Crippen molar-refractivity contribution in [3.05, 3.63) is 66.4 Å². The molecular formula is C20H24N6O3. The maximum absolute atomic E-state index is 12.3. The summed E-state index contributed by atoms with van der Waals surface area (Å²) in [6.07, 6.45) is 4.67. The summed E-state index contributed by atoms with van der Waals surface area (Å²) >= 11 is 0. The summed E-state index contributed by atoms with van der Waals surface area (Å²) in [5.74, 6) is 0.622. The smallest absolute Gasteiger partial charge is 0.319 e. The number of rotatable bonds is 10. The van der Waals surface area contributed by atoms with E-state index < -0.39 is 0 Å². The number of hydrogen-bond acceptors (Lipinski definition) is 6. The van der Waals surface area contributed by atoms with E-state index in [1.54, 1.807) is 17.2 Å². The molecule has 0 saturated carbocycles. The lowest BCUT2D eigenvalue weighted by atomic mass is 10.2. The van der Waals surface area contributed by atoms with E-state index >= 15 is 0 Å². The van der Waals surface area contributed by atoms with Gasteiger partial charge in [-0.25, -0.2) is 19.4 Å². The molecule has 0 fully saturated rings. The Morgan fingerprint density at radius 1 is 1.17 bits per heavy atom. The molecule has 0 aliphatic rings. The van der Waals surface area contributed by atoms with E-state index in [0.717, 1.165) is 11.1 Å². The minimum Gasteiger partial charge on any atom is -0.379 e. The summed E-state index contributed by atoms with van der Waals surface area (Å²) in [6, 6.07) is 10.9. The van der Waals surface area contributed by atoms with Gasteiger partial charge >= 0.3 is 6.03 Å². The van der Waals surface area contributed by atoms with Crippen molar-refractivity contribution < 1.29 is 14.3 Å². The second-order valence-corrected chi connectivity index (χ2v) is 6.08. The Hall–Kier alpha value is -3.30. The average molecular weight is 396 g/mol. The van der Waals surface area contributed by atoms with E-state index in [1.165, 1.54) is 6.33 Å². The van der Waals surface area contributed by atoms with Crippen molar-refractivity contribution in [1.82, 2.24) is 25.1 Å². The fraction of sp³-hybridized carbons (Fsp3) is 0.300. The van der Waals surface area contributed by atoms with Crippen molar-refractivity contribution in [2.75, 3.05) is 25.1 Å². The third-order valence-corrected chi connectivity index (χ3v) is 3.97. The monoisotopic (exact) mass is 396 g/mol. The number of ether oxygens (including phenoxy) is 2. The first-order chi connectivity index (χ1) is 14.3. The normalized spacial score (nSPS) is 10.7. The second-order valence-electron chi connectivity index (χ2n) is 6.08. The van der Waals surface area contributed by atoms with Gasteiger partial charge in [0, 0.05) is 30.6 Å². The molecule has 2 N–H and O–H groups in total. The SMILES string of the molecule is CCOCCOCc1cccc(NC(=O)NCc2cccnc2-n2cncn2)c1. The van der Waals surface area contributed by atoms with E-state index in [0.29, 0.717) is 44.5 Å². The van der Waals surface area contributed by atoms with E-state index in [-0.39, 0.29) is 6.03 Å². The van der Waals surface area contributed by atoms with Crippen LogP contribution >= 0.6 is 0 Å². The van der Waals surface area contributed by atoms with Crippen LogP contribution in [0.25, 0.3) is 5.82 Å². The van der Waals surface area contributed by atoms with Crippen LogP contribution in [0.15, 0.2) is 55.2 Å². The molecular weight excluding hydrogens is 372 g/mol. The molecule has 0 atom stereocenters. The average Bonchev–Trinajstić information content (AvgIpc) is 3.27. The fourth-order valence-electron chi connectivity index (χ4n) is 2.63. The van der Waals surface area contributed by atoms with Crippen LogP contribution in [0.5, 0.6) is 0 Å². The molecule has 29 heavy (non-hydrogen) atoms.